The number of amides is 2. The van der Waals surface area contributed by atoms with Gasteiger partial charge in [-0.05, 0) is 22.3 Å². The zero-order valence-electron chi connectivity index (χ0n) is 22.9. The number of ether oxygens (including phenoxy) is 2. The fourth-order valence-electron chi connectivity index (χ4n) is 5.60. The van der Waals surface area contributed by atoms with Gasteiger partial charge in [-0.1, -0.05) is 133 Å². The lowest BCUT2D eigenvalue weighted by Crippen LogP contribution is -2.71. The van der Waals surface area contributed by atoms with Crippen molar-refractivity contribution >= 4 is 24.0 Å². The first kappa shape index (κ1) is 27.0. The van der Waals surface area contributed by atoms with Crippen LogP contribution in [0.25, 0.3) is 6.08 Å². The molecule has 7 nitrogen and oxygen atoms in total. The zero-order chi connectivity index (χ0) is 28.9. The zero-order valence-corrected chi connectivity index (χ0v) is 22.9. The molecule has 2 heterocycles. The van der Waals surface area contributed by atoms with Crippen molar-refractivity contribution < 1.29 is 23.9 Å². The minimum absolute atomic E-state index is 0.0769. The number of esters is 1. The second-order valence-corrected chi connectivity index (χ2v) is 10.3. The van der Waals surface area contributed by atoms with Crippen LogP contribution in [0.15, 0.2) is 127 Å². The second kappa shape index (κ2) is 12.1. The van der Waals surface area contributed by atoms with Crippen LogP contribution in [-0.2, 0) is 25.7 Å². The predicted molar refractivity (Wildman–Crippen MR) is 158 cm³/mol. The summed E-state index contributed by atoms with van der Waals surface area (Å²) in [5.74, 6) is -0.887. The Hall–Kier alpha value is -5.17. The van der Waals surface area contributed by atoms with Crippen LogP contribution >= 0.6 is 0 Å². The summed E-state index contributed by atoms with van der Waals surface area (Å²) in [6, 6.07) is 34.9. The van der Waals surface area contributed by atoms with Crippen molar-refractivity contribution in [3.05, 3.63) is 150 Å². The van der Waals surface area contributed by atoms with Crippen LogP contribution in [0.3, 0.4) is 0 Å². The highest BCUT2D eigenvalue weighted by atomic mass is 16.6. The number of carbonyl (C=O) groups excluding carboxylic acids is 3. The third-order valence-electron chi connectivity index (χ3n) is 7.67. The molecule has 3 unspecified atom stereocenters. The van der Waals surface area contributed by atoms with E-state index in [-0.39, 0.29) is 19.1 Å². The van der Waals surface area contributed by atoms with Gasteiger partial charge in [0.2, 0.25) is 5.91 Å². The number of β-lactam (4-membered cyclic amide) rings is 1. The van der Waals surface area contributed by atoms with E-state index in [2.05, 4.69) is 0 Å². The third kappa shape index (κ3) is 5.41. The minimum Gasteiger partial charge on any atom is -0.459 e. The lowest BCUT2D eigenvalue weighted by Gasteiger charge is -2.52. The number of likely N-dealkylation sites (tertiary alicyclic amines) is 1. The van der Waals surface area contributed by atoms with Gasteiger partial charge in [-0.2, -0.15) is 0 Å². The molecule has 2 aliphatic heterocycles. The van der Waals surface area contributed by atoms with Gasteiger partial charge in [0, 0.05) is 0 Å². The summed E-state index contributed by atoms with van der Waals surface area (Å²) in [7, 11) is 0. The number of hydrogen-bond acceptors (Lipinski definition) is 5. The number of carbonyl (C=O) groups is 3. The summed E-state index contributed by atoms with van der Waals surface area (Å²) in [4.78, 5) is 44.0. The van der Waals surface area contributed by atoms with Crippen LogP contribution in [0.1, 0.15) is 34.3 Å². The molecule has 6 rings (SSSR count). The molecule has 4 aromatic carbocycles. The van der Waals surface area contributed by atoms with Gasteiger partial charge < -0.3 is 14.4 Å². The van der Waals surface area contributed by atoms with Crippen molar-refractivity contribution in [3.8, 4) is 0 Å². The van der Waals surface area contributed by atoms with Crippen molar-refractivity contribution in [2.45, 2.75) is 30.8 Å². The van der Waals surface area contributed by atoms with Crippen LogP contribution in [-0.4, -0.2) is 46.5 Å². The molecule has 42 heavy (non-hydrogen) atoms. The molecular formula is C35H30N2O5. The highest BCUT2D eigenvalue weighted by Gasteiger charge is 2.58. The molecule has 2 saturated heterocycles. The fourth-order valence-corrected chi connectivity index (χ4v) is 5.60. The molecule has 4 aromatic rings. The topological polar surface area (TPSA) is 76.2 Å². The summed E-state index contributed by atoms with van der Waals surface area (Å²) in [6.45, 7) is 0.219. The molecular weight excluding hydrogens is 528 g/mol. The molecule has 0 aromatic heterocycles. The number of rotatable bonds is 9. The normalized spacial score (nSPS) is 20.7. The quantitative estimate of drug-likeness (QED) is 0.187. The van der Waals surface area contributed by atoms with Gasteiger partial charge in [0.15, 0.2) is 6.04 Å². The summed E-state index contributed by atoms with van der Waals surface area (Å²) >= 11 is 0. The van der Waals surface area contributed by atoms with Gasteiger partial charge in [0.25, 0.3) is 0 Å². The van der Waals surface area contributed by atoms with E-state index in [1.807, 2.05) is 133 Å². The smallest absolute Gasteiger partial charge is 0.411 e. The van der Waals surface area contributed by atoms with Crippen molar-refractivity contribution in [2.24, 2.45) is 0 Å². The van der Waals surface area contributed by atoms with Gasteiger partial charge in [-0.15, -0.1) is 0 Å². The Balaban J connectivity index is 1.36. The molecule has 2 amide bonds. The molecule has 0 N–H and O–H groups in total. The SMILES string of the molecule is O=C(OCc1ccccc1)C(c1ccccc1)N1C(=O)C(N2C(=O)OC[C@@H]2c2ccccc2)C1C=Cc1ccccc1. The fraction of sp³-hybridized carbons (Fsp3) is 0.171. The molecule has 7 heteroatoms. The highest BCUT2D eigenvalue weighted by Crippen LogP contribution is 2.41. The number of nitrogens with zero attached hydrogens (tertiary/aromatic N) is 2. The number of cyclic esters (lactones) is 1. The summed E-state index contributed by atoms with van der Waals surface area (Å²) < 4.78 is 11.2. The van der Waals surface area contributed by atoms with Crippen molar-refractivity contribution in [1.82, 2.24) is 9.80 Å². The molecule has 0 radical (unpaired) electrons. The van der Waals surface area contributed by atoms with Crippen molar-refractivity contribution in [1.29, 1.82) is 0 Å². The Morgan fingerprint density at radius 1 is 0.833 bits per heavy atom. The van der Waals surface area contributed by atoms with Gasteiger partial charge in [-0.3, -0.25) is 9.69 Å². The molecule has 0 aliphatic carbocycles. The largest absolute Gasteiger partial charge is 0.459 e. The monoisotopic (exact) mass is 558 g/mol. The van der Waals surface area contributed by atoms with Crippen molar-refractivity contribution in [2.75, 3.05) is 6.61 Å². The average Bonchev–Trinajstić information content (AvgIpc) is 3.42. The maximum Gasteiger partial charge on any atom is 0.411 e. The Kier molecular flexibility index (Phi) is 7.81. The molecule has 0 saturated carbocycles. The number of hydrogen-bond donors (Lipinski definition) is 0. The first-order valence-electron chi connectivity index (χ1n) is 13.9. The molecule has 0 bridgehead atoms. The van der Waals surface area contributed by atoms with E-state index in [9.17, 15) is 14.4 Å². The van der Waals surface area contributed by atoms with E-state index in [4.69, 9.17) is 9.47 Å². The van der Waals surface area contributed by atoms with Crippen LogP contribution < -0.4 is 0 Å². The Labute approximate surface area is 244 Å². The molecule has 210 valence electrons. The third-order valence-corrected chi connectivity index (χ3v) is 7.67. The molecule has 2 fully saturated rings. The van der Waals surface area contributed by atoms with Crippen LogP contribution in [0.4, 0.5) is 4.79 Å². The summed E-state index contributed by atoms with van der Waals surface area (Å²) in [6.07, 6.45) is 3.24. The average molecular weight is 559 g/mol. The van der Waals surface area contributed by atoms with E-state index in [0.29, 0.717) is 5.56 Å². The molecule has 0 spiro atoms. The standard InChI is InChI=1S/C35H30N2O5/c38-33-32(37-30(24-42-35(37)40)27-17-9-3-10-18-27)29(22-21-25-13-5-1-6-14-25)36(33)31(28-19-11-4-12-20-28)34(39)41-23-26-15-7-2-8-16-26/h1-22,29-32H,23-24H2/t29?,30-,31?,32?/m1/s1. The Bertz CT molecular complexity index is 1560. The van der Waals surface area contributed by atoms with Crippen LogP contribution in [0.5, 0.6) is 0 Å². The summed E-state index contributed by atoms with van der Waals surface area (Å²) in [5.41, 5.74) is 3.28. The van der Waals surface area contributed by atoms with Crippen LogP contribution in [0.2, 0.25) is 0 Å². The van der Waals surface area contributed by atoms with E-state index in [1.165, 1.54) is 9.80 Å². The van der Waals surface area contributed by atoms with Crippen molar-refractivity contribution in [3.63, 3.8) is 0 Å². The van der Waals surface area contributed by atoms with E-state index in [0.717, 1.165) is 16.7 Å². The van der Waals surface area contributed by atoms with E-state index >= 15 is 0 Å². The maximum atomic E-state index is 14.1. The van der Waals surface area contributed by atoms with Crippen LogP contribution in [0, 0.1) is 0 Å². The minimum atomic E-state index is -1.00. The lowest BCUT2D eigenvalue weighted by molar-refractivity contribution is -0.171. The van der Waals surface area contributed by atoms with E-state index < -0.39 is 36.2 Å². The molecule has 2 aliphatic rings. The van der Waals surface area contributed by atoms with E-state index in [1.54, 1.807) is 0 Å². The van der Waals surface area contributed by atoms with Gasteiger partial charge in [-0.25, -0.2) is 9.59 Å². The maximum absolute atomic E-state index is 14.1. The predicted octanol–water partition coefficient (Wildman–Crippen LogP) is 5.96. The van der Waals surface area contributed by atoms with Gasteiger partial charge in [0.05, 0.1) is 12.1 Å². The molecule has 4 atom stereocenters. The first-order valence-corrected chi connectivity index (χ1v) is 13.9. The first-order chi connectivity index (χ1) is 20.6. The Morgan fingerprint density at radius 2 is 1.43 bits per heavy atom. The van der Waals surface area contributed by atoms with Gasteiger partial charge >= 0.3 is 12.1 Å². The second-order valence-electron chi connectivity index (χ2n) is 10.3. The Morgan fingerprint density at radius 3 is 2.10 bits per heavy atom. The number of benzene rings is 4. The van der Waals surface area contributed by atoms with Gasteiger partial charge in [0.1, 0.15) is 19.3 Å². The highest BCUT2D eigenvalue weighted by molar-refractivity contribution is 5.97. The lowest BCUT2D eigenvalue weighted by atomic mass is 9.86. The summed E-state index contributed by atoms with van der Waals surface area (Å²) in [5, 5.41) is 0.